The van der Waals surface area contributed by atoms with Gasteiger partial charge < -0.3 is 11.5 Å². The summed E-state index contributed by atoms with van der Waals surface area (Å²) >= 11 is 0. The molecule has 2 heterocycles. The maximum Gasteiger partial charge on any atom is 0.248 e. The van der Waals surface area contributed by atoms with E-state index < -0.39 is 0 Å². The van der Waals surface area contributed by atoms with E-state index in [2.05, 4.69) is 4.90 Å². The average Bonchev–Trinajstić information content (AvgIpc) is 2.49. The number of carbonyl (C=O) groups is 1. The van der Waals surface area contributed by atoms with Crippen LogP contribution in [0.2, 0.25) is 0 Å². The SMILES string of the molecule is NCC12CCC(CC1)CN2Cc1ccc(C(N)=O)cc1. The Morgan fingerprint density at radius 1 is 1.25 bits per heavy atom. The molecular weight excluding hydrogens is 250 g/mol. The Morgan fingerprint density at radius 3 is 2.45 bits per heavy atom. The van der Waals surface area contributed by atoms with Crippen molar-refractivity contribution in [1.29, 1.82) is 0 Å². The Labute approximate surface area is 120 Å². The lowest BCUT2D eigenvalue weighted by molar-refractivity contribution is -0.0347. The number of hydrogen-bond acceptors (Lipinski definition) is 3. The second kappa shape index (κ2) is 5.19. The number of fused-ring (bicyclic) bond motifs is 3. The van der Waals surface area contributed by atoms with E-state index in [9.17, 15) is 4.79 Å². The van der Waals surface area contributed by atoms with Gasteiger partial charge >= 0.3 is 0 Å². The summed E-state index contributed by atoms with van der Waals surface area (Å²) < 4.78 is 0. The van der Waals surface area contributed by atoms with E-state index in [1.165, 1.54) is 31.2 Å². The number of hydrogen-bond donors (Lipinski definition) is 2. The predicted molar refractivity (Wildman–Crippen MR) is 79.1 cm³/mol. The van der Waals surface area contributed by atoms with Gasteiger partial charge in [0, 0.05) is 30.7 Å². The second-order valence-corrected chi connectivity index (χ2v) is 6.31. The van der Waals surface area contributed by atoms with Crippen LogP contribution in [-0.4, -0.2) is 29.4 Å². The van der Waals surface area contributed by atoms with E-state index in [4.69, 9.17) is 11.5 Å². The summed E-state index contributed by atoms with van der Waals surface area (Å²) in [6.07, 6.45) is 5.11. The van der Waals surface area contributed by atoms with E-state index in [1.807, 2.05) is 24.3 Å². The number of rotatable bonds is 4. The topological polar surface area (TPSA) is 72.3 Å². The van der Waals surface area contributed by atoms with Gasteiger partial charge in [0.1, 0.15) is 0 Å². The van der Waals surface area contributed by atoms with Crippen molar-refractivity contribution in [2.45, 2.75) is 37.8 Å². The van der Waals surface area contributed by atoms with E-state index in [0.717, 1.165) is 25.6 Å². The fraction of sp³-hybridized carbons (Fsp3) is 0.562. The molecule has 2 bridgehead atoms. The summed E-state index contributed by atoms with van der Waals surface area (Å²) in [6.45, 7) is 2.83. The highest BCUT2D eigenvalue weighted by atomic mass is 16.1. The van der Waals surface area contributed by atoms with Gasteiger partial charge in [-0.15, -0.1) is 0 Å². The van der Waals surface area contributed by atoms with E-state index >= 15 is 0 Å². The molecule has 0 radical (unpaired) electrons. The molecule has 108 valence electrons. The van der Waals surface area contributed by atoms with Crippen LogP contribution in [0.3, 0.4) is 0 Å². The zero-order valence-corrected chi connectivity index (χ0v) is 11.8. The van der Waals surface area contributed by atoms with Crippen LogP contribution in [0.5, 0.6) is 0 Å². The smallest absolute Gasteiger partial charge is 0.248 e. The van der Waals surface area contributed by atoms with Crippen molar-refractivity contribution < 1.29 is 4.79 Å². The lowest BCUT2D eigenvalue weighted by Gasteiger charge is -2.54. The van der Waals surface area contributed by atoms with Crippen LogP contribution in [0.15, 0.2) is 24.3 Å². The first kappa shape index (κ1) is 13.6. The van der Waals surface area contributed by atoms with E-state index in [0.29, 0.717) is 5.56 Å². The summed E-state index contributed by atoms with van der Waals surface area (Å²) in [4.78, 5) is 13.7. The third-order valence-electron chi connectivity index (χ3n) is 5.18. The number of amides is 1. The molecule has 3 fully saturated rings. The Hall–Kier alpha value is -1.39. The van der Waals surface area contributed by atoms with Crippen LogP contribution in [0.25, 0.3) is 0 Å². The maximum atomic E-state index is 11.1. The molecule has 0 unspecified atom stereocenters. The van der Waals surface area contributed by atoms with Crippen molar-refractivity contribution in [3.63, 3.8) is 0 Å². The van der Waals surface area contributed by atoms with Crippen LogP contribution in [0, 0.1) is 5.92 Å². The third kappa shape index (κ3) is 2.34. The highest BCUT2D eigenvalue weighted by molar-refractivity contribution is 5.92. The summed E-state index contributed by atoms with van der Waals surface area (Å²) in [7, 11) is 0. The molecule has 1 amide bonds. The predicted octanol–water partition coefficient (Wildman–Crippen LogP) is 1.49. The van der Waals surface area contributed by atoms with Crippen molar-refractivity contribution in [2.24, 2.45) is 17.4 Å². The lowest BCUT2D eigenvalue weighted by Crippen LogP contribution is -2.61. The van der Waals surface area contributed by atoms with Gasteiger partial charge in [-0.1, -0.05) is 12.1 Å². The average molecular weight is 273 g/mol. The molecule has 1 aliphatic carbocycles. The molecule has 0 aromatic heterocycles. The monoisotopic (exact) mass is 273 g/mol. The Kier molecular flexibility index (Phi) is 3.52. The van der Waals surface area contributed by atoms with Crippen LogP contribution in [-0.2, 0) is 6.54 Å². The van der Waals surface area contributed by atoms with Gasteiger partial charge in [0.25, 0.3) is 0 Å². The molecule has 4 heteroatoms. The molecule has 20 heavy (non-hydrogen) atoms. The number of carbonyl (C=O) groups excluding carboxylic acids is 1. The second-order valence-electron chi connectivity index (χ2n) is 6.31. The number of benzene rings is 1. The van der Waals surface area contributed by atoms with Gasteiger partial charge in [-0.2, -0.15) is 0 Å². The summed E-state index contributed by atoms with van der Waals surface area (Å²) in [6, 6.07) is 7.64. The van der Waals surface area contributed by atoms with E-state index in [1.54, 1.807) is 0 Å². The molecule has 4 nitrogen and oxygen atoms in total. The molecule has 2 saturated heterocycles. The third-order valence-corrected chi connectivity index (χ3v) is 5.18. The minimum Gasteiger partial charge on any atom is -0.366 e. The zero-order chi connectivity index (χ0) is 14.2. The molecule has 0 spiro atoms. The Bertz CT molecular complexity index is 489. The van der Waals surface area contributed by atoms with Gasteiger partial charge in [-0.3, -0.25) is 9.69 Å². The van der Waals surface area contributed by atoms with Crippen molar-refractivity contribution in [2.75, 3.05) is 13.1 Å². The molecular formula is C16H23N3O. The number of primary amides is 1. The summed E-state index contributed by atoms with van der Waals surface area (Å²) in [5, 5.41) is 0. The molecule has 2 aliphatic heterocycles. The van der Waals surface area contributed by atoms with Gasteiger partial charge in [0.2, 0.25) is 5.91 Å². The Morgan fingerprint density at radius 2 is 1.90 bits per heavy atom. The maximum absolute atomic E-state index is 11.1. The quantitative estimate of drug-likeness (QED) is 0.873. The fourth-order valence-corrected chi connectivity index (χ4v) is 3.78. The fourth-order valence-electron chi connectivity index (χ4n) is 3.78. The minimum atomic E-state index is -0.369. The number of piperidine rings is 2. The first-order valence-corrected chi connectivity index (χ1v) is 7.47. The van der Waals surface area contributed by atoms with Crippen molar-refractivity contribution in [3.05, 3.63) is 35.4 Å². The molecule has 4 N–H and O–H groups in total. The minimum absolute atomic E-state index is 0.205. The Balaban J connectivity index is 1.75. The number of nitrogens with zero attached hydrogens (tertiary/aromatic N) is 1. The van der Waals surface area contributed by atoms with Gasteiger partial charge in [0.15, 0.2) is 0 Å². The summed E-state index contributed by atoms with van der Waals surface area (Å²) in [5.41, 5.74) is 13.4. The van der Waals surface area contributed by atoms with Crippen LogP contribution >= 0.6 is 0 Å². The van der Waals surface area contributed by atoms with Crippen molar-refractivity contribution >= 4 is 5.91 Å². The van der Waals surface area contributed by atoms with E-state index in [-0.39, 0.29) is 11.4 Å². The first-order valence-electron chi connectivity index (χ1n) is 7.47. The summed E-state index contributed by atoms with van der Waals surface area (Å²) in [5.74, 6) is 0.473. The van der Waals surface area contributed by atoms with Gasteiger partial charge in [-0.25, -0.2) is 0 Å². The molecule has 1 saturated carbocycles. The molecule has 0 atom stereocenters. The standard InChI is InChI=1S/C16H23N3O/c17-11-16-7-5-13(6-8-16)10-19(16)9-12-1-3-14(4-2-12)15(18)20/h1-4,13H,5-11,17H2,(H2,18,20). The van der Waals surface area contributed by atoms with Crippen LogP contribution in [0.1, 0.15) is 41.6 Å². The lowest BCUT2D eigenvalue weighted by atomic mass is 9.70. The van der Waals surface area contributed by atoms with Gasteiger partial charge in [0.05, 0.1) is 0 Å². The molecule has 1 aromatic carbocycles. The zero-order valence-electron chi connectivity index (χ0n) is 11.8. The van der Waals surface area contributed by atoms with Gasteiger partial charge in [-0.05, 0) is 49.3 Å². The van der Waals surface area contributed by atoms with Crippen molar-refractivity contribution in [1.82, 2.24) is 4.90 Å². The molecule has 3 aliphatic rings. The largest absolute Gasteiger partial charge is 0.366 e. The van der Waals surface area contributed by atoms with Crippen molar-refractivity contribution in [3.8, 4) is 0 Å². The molecule has 4 rings (SSSR count). The highest BCUT2D eigenvalue weighted by Crippen LogP contribution is 2.43. The normalized spacial score (nSPS) is 29.6. The highest BCUT2D eigenvalue weighted by Gasteiger charge is 2.44. The van der Waals surface area contributed by atoms with Crippen LogP contribution in [0.4, 0.5) is 0 Å². The number of nitrogens with two attached hydrogens (primary N) is 2. The molecule has 1 aromatic rings. The van der Waals surface area contributed by atoms with Crippen LogP contribution < -0.4 is 11.5 Å². The first-order chi connectivity index (χ1) is 9.63.